The summed E-state index contributed by atoms with van der Waals surface area (Å²) in [5.74, 6) is 0.404. The molecule has 2 nitrogen and oxygen atoms in total. The second-order valence-electron chi connectivity index (χ2n) is 4.77. The maximum Gasteiger partial charge on any atom is 0.126 e. The molecule has 0 saturated carbocycles. The average Bonchev–Trinajstić information content (AvgIpc) is 2.41. The normalized spacial score (nSPS) is 13.9. The number of hydrogen-bond acceptors (Lipinski definition) is 2. The first-order chi connectivity index (χ1) is 8.95. The first-order valence-electron chi connectivity index (χ1n) is 6.08. The van der Waals surface area contributed by atoms with Crippen LogP contribution in [0.25, 0.3) is 0 Å². The van der Waals surface area contributed by atoms with Crippen molar-refractivity contribution >= 4 is 0 Å². The second kappa shape index (κ2) is 5.02. The summed E-state index contributed by atoms with van der Waals surface area (Å²) < 4.78 is 18.5. The SMILES string of the molecule is COc1cccc(C(C)(O)c2ccc(F)c(C)c2)c1. The van der Waals surface area contributed by atoms with E-state index in [9.17, 15) is 9.50 Å². The van der Waals surface area contributed by atoms with E-state index in [0.717, 1.165) is 0 Å². The summed E-state index contributed by atoms with van der Waals surface area (Å²) in [6.45, 7) is 3.37. The smallest absolute Gasteiger partial charge is 0.126 e. The van der Waals surface area contributed by atoms with Crippen molar-refractivity contribution in [2.75, 3.05) is 7.11 Å². The number of rotatable bonds is 3. The Kier molecular flexibility index (Phi) is 3.58. The van der Waals surface area contributed by atoms with E-state index in [1.54, 1.807) is 39.2 Å². The highest BCUT2D eigenvalue weighted by Crippen LogP contribution is 2.31. The summed E-state index contributed by atoms with van der Waals surface area (Å²) in [6.07, 6.45) is 0. The molecule has 0 aliphatic rings. The molecule has 2 aromatic carbocycles. The third kappa shape index (κ3) is 2.61. The summed E-state index contributed by atoms with van der Waals surface area (Å²) in [7, 11) is 1.58. The molecule has 100 valence electrons. The van der Waals surface area contributed by atoms with Crippen LogP contribution in [0.2, 0.25) is 0 Å². The number of hydrogen-bond donors (Lipinski definition) is 1. The van der Waals surface area contributed by atoms with E-state index < -0.39 is 5.60 Å². The monoisotopic (exact) mass is 260 g/mol. The molecule has 0 amide bonds. The van der Waals surface area contributed by atoms with E-state index in [1.807, 2.05) is 18.2 Å². The molecule has 0 aliphatic heterocycles. The van der Waals surface area contributed by atoms with Gasteiger partial charge < -0.3 is 9.84 Å². The zero-order valence-electron chi connectivity index (χ0n) is 11.3. The van der Waals surface area contributed by atoms with E-state index in [-0.39, 0.29) is 5.82 Å². The van der Waals surface area contributed by atoms with Crippen LogP contribution in [0.5, 0.6) is 5.75 Å². The van der Waals surface area contributed by atoms with Crippen LogP contribution < -0.4 is 4.74 Å². The van der Waals surface area contributed by atoms with Crippen LogP contribution in [-0.2, 0) is 5.60 Å². The van der Waals surface area contributed by atoms with Gasteiger partial charge in [-0.1, -0.05) is 18.2 Å². The van der Waals surface area contributed by atoms with Gasteiger partial charge in [-0.05, 0) is 54.8 Å². The summed E-state index contributed by atoms with van der Waals surface area (Å²) in [5, 5.41) is 10.7. The minimum Gasteiger partial charge on any atom is -0.497 e. The van der Waals surface area contributed by atoms with Gasteiger partial charge in [0.2, 0.25) is 0 Å². The summed E-state index contributed by atoms with van der Waals surface area (Å²) in [4.78, 5) is 0. The molecule has 3 heteroatoms. The third-order valence-corrected chi connectivity index (χ3v) is 3.35. The van der Waals surface area contributed by atoms with Gasteiger partial charge in [-0.25, -0.2) is 4.39 Å². The van der Waals surface area contributed by atoms with Crippen molar-refractivity contribution in [3.05, 3.63) is 65.0 Å². The van der Waals surface area contributed by atoms with Crippen molar-refractivity contribution in [3.63, 3.8) is 0 Å². The minimum atomic E-state index is -1.19. The van der Waals surface area contributed by atoms with Crippen molar-refractivity contribution in [3.8, 4) is 5.75 Å². The largest absolute Gasteiger partial charge is 0.497 e. The molecule has 19 heavy (non-hydrogen) atoms. The van der Waals surface area contributed by atoms with E-state index in [0.29, 0.717) is 22.4 Å². The number of methoxy groups -OCH3 is 1. The average molecular weight is 260 g/mol. The number of ether oxygens (including phenoxy) is 1. The van der Waals surface area contributed by atoms with Crippen LogP contribution in [0.4, 0.5) is 4.39 Å². The van der Waals surface area contributed by atoms with Gasteiger partial charge in [0, 0.05) is 0 Å². The number of aliphatic hydroxyl groups is 1. The zero-order chi connectivity index (χ0) is 14.0. The van der Waals surface area contributed by atoms with Gasteiger partial charge in [0.15, 0.2) is 0 Å². The molecule has 1 unspecified atom stereocenters. The van der Waals surface area contributed by atoms with Gasteiger partial charge in [0.1, 0.15) is 17.2 Å². The maximum absolute atomic E-state index is 13.3. The van der Waals surface area contributed by atoms with Gasteiger partial charge in [0.05, 0.1) is 7.11 Å². The van der Waals surface area contributed by atoms with E-state index in [4.69, 9.17) is 4.74 Å². The fourth-order valence-electron chi connectivity index (χ4n) is 2.04. The Hall–Kier alpha value is -1.87. The fourth-order valence-corrected chi connectivity index (χ4v) is 2.04. The Bertz CT molecular complexity index is 591. The van der Waals surface area contributed by atoms with Crippen LogP contribution in [0.1, 0.15) is 23.6 Å². The lowest BCUT2D eigenvalue weighted by Crippen LogP contribution is -2.23. The maximum atomic E-state index is 13.3. The highest BCUT2D eigenvalue weighted by Gasteiger charge is 2.26. The Morgan fingerprint density at radius 1 is 1.11 bits per heavy atom. The summed E-state index contributed by atoms with van der Waals surface area (Å²) >= 11 is 0. The molecular weight excluding hydrogens is 243 g/mol. The van der Waals surface area contributed by atoms with Crippen molar-refractivity contribution in [2.45, 2.75) is 19.4 Å². The quantitative estimate of drug-likeness (QED) is 0.916. The molecule has 0 saturated heterocycles. The van der Waals surface area contributed by atoms with Crippen LogP contribution >= 0.6 is 0 Å². The van der Waals surface area contributed by atoms with E-state index >= 15 is 0 Å². The zero-order valence-corrected chi connectivity index (χ0v) is 11.3. The molecule has 1 atom stereocenters. The third-order valence-electron chi connectivity index (χ3n) is 3.35. The molecule has 1 N–H and O–H groups in total. The lowest BCUT2D eigenvalue weighted by Gasteiger charge is -2.25. The van der Waals surface area contributed by atoms with Crippen LogP contribution in [0.15, 0.2) is 42.5 Å². The first kappa shape index (κ1) is 13.6. The van der Waals surface area contributed by atoms with Crippen LogP contribution in [0, 0.1) is 12.7 Å². The Morgan fingerprint density at radius 2 is 1.79 bits per heavy atom. The topological polar surface area (TPSA) is 29.5 Å². The van der Waals surface area contributed by atoms with Crippen LogP contribution in [-0.4, -0.2) is 12.2 Å². The summed E-state index contributed by atoms with van der Waals surface area (Å²) in [6, 6.07) is 11.9. The Balaban J connectivity index is 2.47. The Morgan fingerprint density at radius 3 is 2.42 bits per heavy atom. The van der Waals surface area contributed by atoms with Gasteiger partial charge in [0.25, 0.3) is 0 Å². The molecule has 0 heterocycles. The number of benzene rings is 2. The minimum absolute atomic E-state index is 0.273. The van der Waals surface area contributed by atoms with Gasteiger partial charge in [-0.15, -0.1) is 0 Å². The van der Waals surface area contributed by atoms with E-state index in [2.05, 4.69) is 0 Å². The predicted octanol–water partition coefficient (Wildman–Crippen LogP) is 3.40. The molecule has 0 fully saturated rings. The number of aryl methyl sites for hydroxylation is 1. The molecule has 2 rings (SSSR count). The summed E-state index contributed by atoms with van der Waals surface area (Å²) in [5.41, 5.74) is 0.686. The first-order valence-corrected chi connectivity index (χ1v) is 6.08. The lowest BCUT2D eigenvalue weighted by atomic mass is 9.87. The van der Waals surface area contributed by atoms with Crippen molar-refractivity contribution in [1.82, 2.24) is 0 Å². The van der Waals surface area contributed by atoms with E-state index in [1.165, 1.54) is 6.07 Å². The predicted molar refractivity (Wildman–Crippen MR) is 72.8 cm³/mol. The van der Waals surface area contributed by atoms with Crippen LogP contribution in [0.3, 0.4) is 0 Å². The molecule has 0 bridgehead atoms. The van der Waals surface area contributed by atoms with Crippen molar-refractivity contribution < 1.29 is 14.2 Å². The highest BCUT2D eigenvalue weighted by molar-refractivity contribution is 5.40. The lowest BCUT2D eigenvalue weighted by molar-refractivity contribution is 0.102. The van der Waals surface area contributed by atoms with Crippen molar-refractivity contribution in [1.29, 1.82) is 0 Å². The molecular formula is C16H17FO2. The van der Waals surface area contributed by atoms with Gasteiger partial charge in [-0.2, -0.15) is 0 Å². The molecule has 0 spiro atoms. The second-order valence-corrected chi connectivity index (χ2v) is 4.77. The molecule has 0 radical (unpaired) electrons. The van der Waals surface area contributed by atoms with Gasteiger partial charge >= 0.3 is 0 Å². The Labute approximate surface area is 112 Å². The number of halogens is 1. The fraction of sp³-hybridized carbons (Fsp3) is 0.250. The molecule has 0 aromatic heterocycles. The van der Waals surface area contributed by atoms with Crippen molar-refractivity contribution in [2.24, 2.45) is 0 Å². The highest BCUT2D eigenvalue weighted by atomic mass is 19.1. The molecule has 0 aliphatic carbocycles. The molecule has 2 aromatic rings. The standard InChI is InChI=1S/C16H17FO2/c1-11-9-13(7-8-15(11)17)16(2,18)12-5-4-6-14(10-12)19-3/h4-10,18H,1-3H3. The van der Waals surface area contributed by atoms with Gasteiger partial charge in [-0.3, -0.25) is 0 Å².